The SMILES string of the molecule is O=C(O)CC1(OCC2CCOC2)CCC1. The number of hydrogen-bond donors (Lipinski definition) is 1. The van der Waals surface area contributed by atoms with E-state index in [0.29, 0.717) is 12.5 Å². The highest BCUT2D eigenvalue weighted by Crippen LogP contribution is 2.39. The Hall–Kier alpha value is -0.610. The predicted molar refractivity (Wildman–Crippen MR) is 53.7 cm³/mol. The molecule has 4 heteroatoms. The van der Waals surface area contributed by atoms with E-state index in [4.69, 9.17) is 14.6 Å². The number of carbonyl (C=O) groups is 1. The fourth-order valence-corrected chi connectivity index (χ4v) is 2.23. The van der Waals surface area contributed by atoms with Crippen molar-refractivity contribution in [3.8, 4) is 0 Å². The van der Waals surface area contributed by atoms with Gasteiger partial charge < -0.3 is 14.6 Å². The quantitative estimate of drug-likeness (QED) is 0.752. The van der Waals surface area contributed by atoms with Crippen molar-refractivity contribution in [1.29, 1.82) is 0 Å². The van der Waals surface area contributed by atoms with Gasteiger partial charge in [0, 0.05) is 12.5 Å². The highest BCUT2D eigenvalue weighted by molar-refractivity contribution is 5.68. The summed E-state index contributed by atoms with van der Waals surface area (Å²) in [6.45, 7) is 2.25. The van der Waals surface area contributed by atoms with Crippen molar-refractivity contribution in [2.24, 2.45) is 5.92 Å². The first kappa shape index (κ1) is 10.9. The average Bonchev–Trinajstić information content (AvgIpc) is 2.61. The first-order chi connectivity index (χ1) is 7.20. The molecular weight excluding hydrogens is 196 g/mol. The van der Waals surface area contributed by atoms with Gasteiger partial charge in [-0.1, -0.05) is 0 Å². The predicted octanol–water partition coefficient (Wildman–Crippen LogP) is 1.44. The van der Waals surface area contributed by atoms with Gasteiger partial charge >= 0.3 is 5.97 Å². The van der Waals surface area contributed by atoms with Crippen molar-refractivity contribution < 1.29 is 19.4 Å². The molecule has 1 saturated heterocycles. The second kappa shape index (κ2) is 4.49. The molecule has 2 aliphatic rings. The van der Waals surface area contributed by atoms with Crippen molar-refractivity contribution in [2.45, 2.75) is 37.7 Å². The summed E-state index contributed by atoms with van der Waals surface area (Å²) in [6.07, 6.45) is 4.08. The molecule has 86 valence electrons. The summed E-state index contributed by atoms with van der Waals surface area (Å²) in [7, 11) is 0. The molecule has 0 aromatic heterocycles. The lowest BCUT2D eigenvalue weighted by atomic mass is 9.77. The standard InChI is InChI=1S/C11H18O4/c12-10(13)6-11(3-1-4-11)15-8-9-2-5-14-7-9/h9H,1-8H2,(H,12,13). The molecule has 0 amide bonds. The molecule has 0 radical (unpaired) electrons. The summed E-state index contributed by atoms with van der Waals surface area (Å²) >= 11 is 0. The Kier molecular flexibility index (Phi) is 3.26. The normalized spacial score (nSPS) is 28.7. The number of rotatable bonds is 5. The summed E-state index contributed by atoms with van der Waals surface area (Å²) in [5.41, 5.74) is -0.353. The maximum absolute atomic E-state index is 10.7. The second-order valence-corrected chi connectivity index (χ2v) is 4.65. The van der Waals surface area contributed by atoms with E-state index >= 15 is 0 Å². The molecule has 1 aliphatic heterocycles. The molecule has 1 heterocycles. The third kappa shape index (κ3) is 2.69. The lowest BCUT2D eigenvalue weighted by Crippen LogP contribution is -2.43. The Morgan fingerprint density at radius 3 is 2.80 bits per heavy atom. The van der Waals surface area contributed by atoms with Gasteiger partial charge in [0.2, 0.25) is 0 Å². The fourth-order valence-electron chi connectivity index (χ4n) is 2.23. The van der Waals surface area contributed by atoms with Crippen molar-refractivity contribution in [3.05, 3.63) is 0 Å². The topological polar surface area (TPSA) is 55.8 Å². The zero-order chi connectivity index (χ0) is 10.7. The minimum absolute atomic E-state index is 0.153. The molecule has 1 atom stereocenters. The van der Waals surface area contributed by atoms with Crippen LogP contribution in [0, 0.1) is 5.92 Å². The Morgan fingerprint density at radius 2 is 2.33 bits per heavy atom. The molecule has 0 aromatic rings. The van der Waals surface area contributed by atoms with Crippen molar-refractivity contribution in [3.63, 3.8) is 0 Å². The van der Waals surface area contributed by atoms with Gasteiger partial charge in [0.25, 0.3) is 0 Å². The molecule has 0 bridgehead atoms. The molecule has 4 nitrogen and oxygen atoms in total. The molecule has 1 N–H and O–H groups in total. The van der Waals surface area contributed by atoms with E-state index in [9.17, 15) is 4.79 Å². The van der Waals surface area contributed by atoms with Gasteiger partial charge in [-0.05, 0) is 25.7 Å². The van der Waals surface area contributed by atoms with Gasteiger partial charge in [-0.15, -0.1) is 0 Å². The summed E-state index contributed by atoms with van der Waals surface area (Å²) in [6, 6.07) is 0. The summed E-state index contributed by atoms with van der Waals surface area (Å²) in [5, 5.41) is 8.80. The molecular formula is C11H18O4. The summed E-state index contributed by atoms with van der Waals surface area (Å²) in [5.74, 6) is -0.284. The summed E-state index contributed by atoms with van der Waals surface area (Å²) in [4.78, 5) is 10.7. The third-order valence-electron chi connectivity index (χ3n) is 3.39. The van der Waals surface area contributed by atoms with Crippen LogP contribution in [0.3, 0.4) is 0 Å². The fraction of sp³-hybridized carbons (Fsp3) is 0.909. The molecule has 0 aromatic carbocycles. The van der Waals surface area contributed by atoms with Crippen LogP contribution in [0.4, 0.5) is 0 Å². The minimum atomic E-state index is -0.752. The van der Waals surface area contributed by atoms with Gasteiger partial charge in [0.05, 0.1) is 25.2 Å². The van der Waals surface area contributed by atoms with Crippen LogP contribution < -0.4 is 0 Å². The van der Waals surface area contributed by atoms with Crippen molar-refractivity contribution >= 4 is 5.97 Å². The lowest BCUT2D eigenvalue weighted by molar-refractivity contribution is -0.156. The number of hydrogen-bond acceptors (Lipinski definition) is 3. The highest BCUT2D eigenvalue weighted by atomic mass is 16.5. The van der Waals surface area contributed by atoms with Gasteiger partial charge in [-0.25, -0.2) is 0 Å². The van der Waals surface area contributed by atoms with Crippen LogP contribution in [0.25, 0.3) is 0 Å². The van der Waals surface area contributed by atoms with E-state index in [1.54, 1.807) is 0 Å². The van der Waals surface area contributed by atoms with Crippen LogP contribution in [-0.4, -0.2) is 36.5 Å². The van der Waals surface area contributed by atoms with Gasteiger partial charge in [-0.2, -0.15) is 0 Å². The minimum Gasteiger partial charge on any atom is -0.481 e. The second-order valence-electron chi connectivity index (χ2n) is 4.65. The Morgan fingerprint density at radius 1 is 1.53 bits per heavy atom. The maximum Gasteiger partial charge on any atom is 0.306 e. The Bertz CT molecular complexity index is 229. The van der Waals surface area contributed by atoms with E-state index in [1.807, 2.05) is 0 Å². The van der Waals surface area contributed by atoms with Crippen LogP contribution in [0.15, 0.2) is 0 Å². The largest absolute Gasteiger partial charge is 0.481 e. The highest BCUT2D eigenvalue weighted by Gasteiger charge is 2.40. The number of carboxylic acid groups (broad SMARTS) is 1. The maximum atomic E-state index is 10.7. The summed E-state index contributed by atoms with van der Waals surface area (Å²) < 4.78 is 11.1. The average molecular weight is 214 g/mol. The molecule has 2 rings (SSSR count). The Labute approximate surface area is 89.6 Å². The molecule has 1 aliphatic carbocycles. The first-order valence-electron chi connectivity index (χ1n) is 5.64. The van der Waals surface area contributed by atoms with Gasteiger partial charge in [0.15, 0.2) is 0 Å². The zero-order valence-corrected chi connectivity index (χ0v) is 8.91. The Balaban J connectivity index is 1.77. The number of carboxylic acids is 1. The van der Waals surface area contributed by atoms with E-state index < -0.39 is 5.97 Å². The van der Waals surface area contributed by atoms with Gasteiger partial charge in [-0.3, -0.25) is 4.79 Å². The molecule has 0 spiro atoms. The molecule has 15 heavy (non-hydrogen) atoms. The van der Waals surface area contributed by atoms with E-state index in [-0.39, 0.29) is 12.0 Å². The van der Waals surface area contributed by atoms with E-state index in [1.165, 1.54) is 0 Å². The zero-order valence-electron chi connectivity index (χ0n) is 8.91. The van der Waals surface area contributed by atoms with Crippen molar-refractivity contribution in [2.75, 3.05) is 19.8 Å². The molecule has 1 unspecified atom stereocenters. The van der Waals surface area contributed by atoms with Gasteiger partial charge in [0.1, 0.15) is 0 Å². The first-order valence-corrected chi connectivity index (χ1v) is 5.64. The third-order valence-corrected chi connectivity index (χ3v) is 3.39. The monoisotopic (exact) mass is 214 g/mol. The van der Waals surface area contributed by atoms with Crippen molar-refractivity contribution in [1.82, 2.24) is 0 Å². The number of ether oxygens (including phenoxy) is 2. The van der Waals surface area contributed by atoms with Crippen LogP contribution in [0.1, 0.15) is 32.1 Å². The lowest BCUT2D eigenvalue weighted by Gasteiger charge is -2.41. The van der Waals surface area contributed by atoms with Crippen LogP contribution >= 0.6 is 0 Å². The molecule has 2 fully saturated rings. The van der Waals surface area contributed by atoms with E-state index in [2.05, 4.69) is 0 Å². The smallest absolute Gasteiger partial charge is 0.306 e. The van der Waals surface area contributed by atoms with Crippen LogP contribution in [0.5, 0.6) is 0 Å². The van der Waals surface area contributed by atoms with Crippen LogP contribution in [0.2, 0.25) is 0 Å². The van der Waals surface area contributed by atoms with Crippen LogP contribution in [-0.2, 0) is 14.3 Å². The van der Waals surface area contributed by atoms with E-state index in [0.717, 1.165) is 38.9 Å². The molecule has 1 saturated carbocycles. The number of aliphatic carboxylic acids is 1.